The van der Waals surface area contributed by atoms with Gasteiger partial charge in [0.05, 0.1) is 7.11 Å². The summed E-state index contributed by atoms with van der Waals surface area (Å²) in [7, 11) is 1.31. The Morgan fingerprint density at radius 3 is 1.32 bits per heavy atom. The molecule has 0 N–H and O–H groups in total. The Hall–Kier alpha value is -0.790. The number of hydrogen-bond acceptors (Lipinski definition) is 2. The number of methoxy groups -OCH3 is 1. The van der Waals surface area contributed by atoms with Gasteiger partial charge in [0.15, 0.2) is 0 Å². The minimum Gasteiger partial charge on any atom is -0.466 e. The highest BCUT2D eigenvalue weighted by Crippen LogP contribution is 2.35. The molecule has 0 spiro atoms. The first-order valence-electron chi connectivity index (χ1n) is 9.48. The Kier molecular flexibility index (Phi) is 11.1. The summed E-state index contributed by atoms with van der Waals surface area (Å²) in [5, 5.41) is 0. The predicted molar refractivity (Wildman–Crippen MR) is 93.8 cm³/mol. The smallest absolute Gasteiger partial charge is 0.329 e. The van der Waals surface area contributed by atoms with E-state index in [4.69, 9.17) is 0 Å². The van der Waals surface area contributed by atoms with E-state index in [9.17, 15) is 4.79 Å². The molecule has 0 aromatic heterocycles. The second kappa shape index (κ2) is 12.7. The molecule has 2 aliphatic carbocycles. The van der Waals surface area contributed by atoms with Gasteiger partial charge in [0.1, 0.15) is 0 Å². The number of rotatable bonds is 2. The van der Waals surface area contributed by atoms with E-state index in [0.717, 1.165) is 17.9 Å². The van der Waals surface area contributed by atoms with E-state index in [1.165, 1.54) is 71.3 Å². The highest BCUT2D eigenvalue weighted by atomic mass is 16.5. The summed E-state index contributed by atoms with van der Waals surface area (Å²) in [5.74, 6) is 1.83. The number of carbonyl (C=O) groups is 1. The van der Waals surface area contributed by atoms with E-state index in [2.05, 4.69) is 11.3 Å². The normalized spacial score (nSPS) is 22.0. The maximum atomic E-state index is 9.84. The lowest BCUT2D eigenvalue weighted by Gasteiger charge is -2.30. The van der Waals surface area contributed by atoms with E-state index in [0.29, 0.717) is 0 Å². The summed E-state index contributed by atoms with van der Waals surface area (Å²) >= 11 is 0. The number of ether oxygens (including phenoxy) is 1. The minimum atomic E-state index is -0.394. The fourth-order valence-electron chi connectivity index (χ4n) is 4.00. The topological polar surface area (TPSA) is 26.3 Å². The van der Waals surface area contributed by atoms with Crippen molar-refractivity contribution < 1.29 is 9.53 Å². The van der Waals surface area contributed by atoms with Gasteiger partial charge in [-0.15, -0.1) is 0 Å². The van der Waals surface area contributed by atoms with E-state index in [1.54, 1.807) is 25.7 Å². The average molecular weight is 309 g/mol. The van der Waals surface area contributed by atoms with Crippen LogP contribution in [0.25, 0.3) is 0 Å². The van der Waals surface area contributed by atoms with Crippen molar-refractivity contribution >= 4 is 5.97 Å². The third-order valence-electron chi connectivity index (χ3n) is 5.33. The Balaban J connectivity index is 0.000000346. The van der Waals surface area contributed by atoms with Gasteiger partial charge in [-0.25, -0.2) is 4.79 Å². The average Bonchev–Trinajstić information content (AvgIpc) is 2.47. The first kappa shape index (κ1) is 19.3. The molecule has 2 fully saturated rings. The van der Waals surface area contributed by atoms with E-state index < -0.39 is 5.97 Å². The molecule has 0 aliphatic heterocycles. The molecular weight excluding hydrogens is 272 g/mol. The van der Waals surface area contributed by atoms with Gasteiger partial charge in [0, 0.05) is 6.08 Å². The van der Waals surface area contributed by atoms with Gasteiger partial charge >= 0.3 is 5.97 Å². The fraction of sp³-hybridized carbons (Fsp3) is 0.850. The van der Waals surface area contributed by atoms with Crippen LogP contribution in [0.5, 0.6) is 0 Å². The highest BCUT2D eigenvalue weighted by Gasteiger charge is 2.22. The second-order valence-corrected chi connectivity index (χ2v) is 6.94. The zero-order valence-electron chi connectivity index (χ0n) is 14.7. The van der Waals surface area contributed by atoms with Crippen molar-refractivity contribution in [3.63, 3.8) is 0 Å². The molecule has 0 heterocycles. The standard InChI is InChI=1S/C16H30.C4H6O2/c1-3-7-11-15(12-8-4-1)16-13-9-5-2-6-10-14-16;1-3-4(5)6-2/h15-16H,1-14H2;3H,1H2,2H3. The molecule has 2 nitrogen and oxygen atoms in total. The fourth-order valence-corrected chi connectivity index (χ4v) is 4.00. The van der Waals surface area contributed by atoms with Crippen molar-refractivity contribution in [1.82, 2.24) is 0 Å². The van der Waals surface area contributed by atoms with Crippen molar-refractivity contribution in [3.05, 3.63) is 12.7 Å². The van der Waals surface area contributed by atoms with Crippen LogP contribution in [0, 0.1) is 11.8 Å². The molecule has 0 saturated heterocycles. The molecule has 0 unspecified atom stereocenters. The molecule has 0 atom stereocenters. The first-order valence-corrected chi connectivity index (χ1v) is 9.48. The molecule has 0 radical (unpaired) electrons. The molecule has 2 rings (SSSR count). The Morgan fingerprint density at radius 1 is 0.773 bits per heavy atom. The van der Waals surface area contributed by atoms with Crippen molar-refractivity contribution in [3.8, 4) is 0 Å². The van der Waals surface area contributed by atoms with Crippen molar-refractivity contribution in [1.29, 1.82) is 0 Å². The molecule has 0 aromatic carbocycles. The molecule has 128 valence electrons. The van der Waals surface area contributed by atoms with Crippen molar-refractivity contribution in [2.45, 2.75) is 89.9 Å². The summed E-state index contributed by atoms with van der Waals surface area (Å²) in [6, 6.07) is 0. The molecule has 22 heavy (non-hydrogen) atoms. The van der Waals surface area contributed by atoms with E-state index in [-0.39, 0.29) is 0 Å². The van der Waals surface area contributed by atoms with Crippen LogP contribution < -0.4 is 0 Å². The zero-order chi connectivity index (χ0) is 16.0. The SMILES string of the molecule is C1CCCC(C2CCCCCCC2)CCC1.C=CC(=O)OC. The highest BCUT2D eigenvalue weighted by molar-refractivity contribution is 5.80. The molecule has 2 aliphatic rings. The van der Waals surface area contributed by atoms with Gasteiger partial charge in [0.2, 0.25) is 0 Å². The van der Waals surface area contributed by atoms with Crippen LogP contribution in [-0.4, -0.2) is 13.1 Å². The van der Waals surface area contributed by atoms with E-state index in [1.807, 2.05) is 0 Å². The van der Waals surface area contributed by atoms with Crippen LogP contribution in [-0.2, 0) is 9.53 Å². The Bertz CT molecular complexity index is 262. The summed E-state index contributed by atoms with van der Waals surface area (Å²) in [6.45, 7) is 3.16. The van der Waals surface area contributed by atoms with Gasteiger partial charge in [-0.3, -0.25) is 0 Å². The summed E-state index contributed by atoms with van der Waals surface area (Å²) < 4.78 is 4.14. The Morgan fingerprint density at radius 2 is 1.09 bits per heavy atom. The minimum absolute atomic E-state index is 0.394. The van der Waals surface area contributed by atoms with Crippen LogP contribution in [0.4, 0.5) is 0 Å². The molecule has 0 aromatic rings. The zero-order valence-corrected chi connectivity index (χ0v) is 14.7. The summed E-state index contributed by atoms with van der Waals surface area (Å²) in [5.41, 5.74) is 0. The molecule has 0 amide bonds. The van der Waals surface area contributed by atoms with E-state index >= 15 is 0 Å². The number of hydrogen-bond donors (Lipinski definition) is 0. The van der Waals surface area contributed by atoms with Gasteiger partial charge in [-0.2, -0.15) is 0 Å². The molecular formula is C20H36O2. The lowest BCUT2D eigenvalue weighted by Crippen LogP contribution is -2.17. The maximum absolute atomic E-state index is 9.84. The summed E-state index contributed by atoms with van der Waals surface area (Å²) in [4.78, 5) is 9.84. The van der Waals surface area contributed by atoms with Crippen LogP contribution in [0.2, 0.25) is 0 Å². The molecule has 2 heteroatoms. The van der Waals surface area contributed by atoms with Gasteiger partial charge in [-0.05, 0) is 11.8 Å². The molecule has 2 saturated carbocycles. The summed E-state index contributed by atoms with van der Waals surface area (Å²) in [6.07, 6.45) is 22.6. The van der Waals surface area contributed by atoms with Crippen LogP contribution in [0.15, 0.2) is 12.7 Å². The van der Waals surface area contributed by atoms with Crippen LogP contribution in [0.3, 0.4) is 0 Å². The van der Waals surface area contributed by atoms with Crippen molar-refractivity contribution in [2.24, 2.45) is 11.8 Å². The third kappa shape index (κ3) is 8.60. The first-order chi connectivity index (χ1) is 10.8. The largest absolute Gasteiger partial charge is 0.466 e. The Labute approximate surface area is 137 Å². The third-order valence-corrected chi connectivity index (χ3v) is 5.33. The maximum Gasteiger partial charge on any atom is 0.329 e. The monoisotopic (exact) mass is 308 g/mol. The second-order valence-electron chi connectivity index (χ2n) is 6.94. The van der Waals surface area contributed by atoms with Crippen LogP contribution in [0.1, 0.15) is 89.9 Å². The van der Waals surface area contributed by atoms with Gasteiger partial charge in [0.25, 0.3) is 0 Å². The van der Waals surface area contributed by atoms with Crippen molar-refractivity contribution in [2.75, 3.05) is 7.11 Å². The van der Waals surface area contributed by atoms with Crippen LogP contribution >= 0.6 is 0 Å². The van der Waals surface area contributed by atoms with Gasteiger partial charge < -0.3 is 4.74 Å². The lowest BCUT2D eigenvalue weighted by molar-refractivity contribution is -0.134. The molecule has 0 bridgehead atoms. The quantitative estimate of drug-likeness (QED) is 0.458. The number of carbonyl (C=O) groups excluding carboxylic acids is 1. The predicted octanol–water partition coefficient (Wildman–Crippen LogP) is 6.05. The van der Waals surface area contributed by atoms with Gasteiger partial charge in [-0.1, -0.05) is 96.5 Å². The number of esters is 1. The lowest BCUT2D eigenvalue weighted by atomic mass is 9.76.